The highest BCUT2D eigenvalue weighted by Gasteiger charge is 2.27. The van der Waals surface area contributed by atoms with Crippen LogP contribution in [0.3, 0.4) is 0 Å². The van der Waals surface area contributed by atoms with Gasteiger partial charge in [-0.25, -0.2) is 4.79 Å². The Morgan fingerprint density at radius 3 is 2.80 bits per heavy atom. The number of carboxylic acid groups (broad SMARTS) is 1. The lowest BCUT2D eigenvalue weighted by Gasteiger charge is -2.24. The standard InChI is InChI=1S/C11H16O4/c1-3-8(2)10(11(12)13)15-9-6-4-5-7-14-9/h4-10H,3H2,1-2H3,(H,12,13)/t8-,9-,10?/m0/s1. The molecule has 84 valence electrons. The van der Waals surface area contributed by atoms with Crippen molar-refractivity contribution in [2.45, 2.75) is 32.7 Å². The van der Waals surface area contributed by atoms with Crippen molar-refractivity contribution in [3.05, 3.63) is 24.5 Å². The van der Waals surface area contributed by atoms with Gasteiger partial charge >= 0.3 is 5.97 Å². The van der Waals surface area contributed by atoms with Gasteiger partial charge in [-0.15, -0.1) is 0 Å². The summed E-state index contributed by atoms with van der Waals surface area (Å²) in [6.07, 6.45) is 5.99. The molecule has 4 nitrogen and oxygen atoms in total. The molecule has 0 aliphatic carbocycles. The normalized spacial score (nSPS) is 23.2. The van der Waals surface area contributed by atoms with Gasteiger partial charge in [0, 0.05) is 0 Å². The Bertz CT molecular complexity index is 270. The van der Waals surface area contributed by atoms with Crippen LogP contribution in [-0.4, -0.2) is 23.5 Å². The van der Waals surface area contributed by atoms with Crippen LogP contribution in [0.4, 0.5) is 0 Å². The van der Waals surface area contributed by atoms with E-state index >= 15 is 0 Å². The summed E-state index contributed by atoms with van der Waals surface area (Å²) < 4.78 is 10.4. The summed E-state index contributed by atoms with van der Waals surface area (Å²) in [5, 5.41) is 8.98. The van der Waals surface area contributed by atoms with Crippen molar-refractivity contribution in [3.63, 3.8) is 0 Å². The third-order valence-electron chi connectivity index (χ3n) is 2.36. The number of carbonyl (C=O) groups is 1. The summed E-state index contributed by atoms with van der Waals surface area (Å²) in [7, 11) is 0. The lowest BCUT2D eigenvalue weighted by molar-refractivity contribution is -0.174. The van der Waals surface area contributed by atoms with E-state index in [-0.39, 0.29) is 5.92 Å². The van der Waals surface area contributed by atoms with Gasteiger partial charge in [-0.2, -0.15) is 0 Å². The fourth-order valence-corrected chi connectivity index (χ4v) is 1.24. The quantitative estimate of drug-likeness (QED) is 0.756. The van der Waals surface area contributed by atoms with E-state index < -0.39 is 18.4 Å². The second-order valence-corrected chi connectivity index (χ2v) is 3.50. The van der Waals surface area contributed by atoms with Crippen molar-refractivity contribution in [2.24, 2.45) is 5.92 Å². The first-order valence-electron chi connectivity index (χ1n) is 5.02. The van der Waals surface area contributed by atoms with Crippen LogP contribution < -0.4 is 0 Å². The van der Waals surface area contributed by atoms with Gasteiger partial charge < -0.3 is 14.6 Å². The van der Waals surface area contributed by atoms with Crippen LogP contribution in [0, 0.1) is 5.92 Å². The number of hydrogen-bond acceptors (Lipinski definition) is 3. The molecule has 1 unspecified atom stereocenters. The fraction of sp³-hybridized carbons (Fsp3) is 0.545. The van der Waals surface area contributed by atoms with Crippen molar-refractivity contribution in [3.8, 4) is 0 Å². The van der Waals surface area contributed by atoms with E-state index in [1.165, 1.54) is 6.26 Å². The van der Waals surface area contributed by atoms with Crippen LogP contribution in [-0.2, 0) is 14.3 Å². The summed E-state index contributed by atoms with van der Waals surface area (Å²) in [4.78, 5) is 11.0. The zero-order valence-electron chi connectivity index (χ0n) is 8.92. The molecular weight excluding hydrogens is 196 g/mol. The molecule has 3 atom stereocenters. The predicted molar refractivity (Wildman–Crippen MR) is 55.1 cm³/mol. The number of ether oxygens (including phenoxy) is 2. The number of rotatable bonds is 5. The molecule has 0 saturated carbocycles. The van der Waals surface area contributed by atoms with E-state index in [0.29, 0.717) is 0 Å². The van der Waals surface area contributed by atoms with Crippen molar-refractivity contribution < 1.29 is 19.4 Å². The van der Waals surface area contributed by atoms with Crippen molar-refractivity contribution in [2.75, 3.05) is 0 Å². The highest BCUT2D eigenvalue weighted by atomic mass is 16.7. The van der Waals surface area contributed by atoms with E-state index in [0.717, 1.165) is 6.42 Å². The summed E-state index contributed by atoms with van der Waals surface area (Å²) in [5.74, 6) is -0.985. The third kappa shape index (κ3) is 3.40. The molecular formula is C11H16O4. The molecule has 1 rings (SSSR count). The first-order chi connectivity index (χ1) is 7.15. The molecule has 15 heavy (non-hydrogen) atoms. The van der Waals surface area contributed by atoms with Gasteiger partial charge in [0.2, 0.25) is 6.29 Å². The zero-order valence-corrected chi connectivity index (χ0v) is 8.92. The maximum atomic E-state index is 11.0. The molecule has 0 aromatic carbocycles. The monoisotopic (exact) mass is 212 g/mol. The van der Waals surface area contributed by atoms with Gasteiger partial charge in [-0.1, -0.05) is 26.3 Å². The lowest BCUT2D eigenvalue weighted by Crippen LogP contribution is -2.34. The molecule has 0 fully saturated rings. The van der Waals surface area contributed by atoms with Crippen LogP contribution in [0.2, 0.25) is 0 Å². The maximum Gasteiger partial charge on any atom is 0.333 e. The largest absolute Gasteiger partial charge is 0.479 e. The number of hydrogen-bond donors (Lipinski definition) is 1. The van der Waals surface area contributed by atoms with Gasteiger partial charge in [0.1, 0.15) is 0 Å². The van der Waals surface area contributed by atoms with E-state index in [4.69, 9.17) is 14.6 Å². The number of carboxylic acids is 1. The van der Waals surface area contributed by atoms with Crippen molar-refractivity contribution >= 4 is 5.97 Å². The Morgan fingerprint density at radius 1 is 1.60 bits per heavy atom. The summed E-state index contributed by atoms with van der Waals surface area (Å²) >= 11 is 0. The van der Waals surface area contributed by atoms with Crippen LogP contribution in [0.5, 0.6) is 0 Å². The van der Waals surface area contributed by atoms with Gasteiger partial charge in [0.15, 0.2) is 6.10 Å². The minimum absolute atomic E-state index is 0.0367. The van der Waals surface area contributed by atoms with Crippen LogP contribution in [0.1, 0.15) is 20.3 Å². The first-order valence-corrected chi connectivity index (χ1v) is 5.02. The summed E-state index contributed by atoms with van der Waals surface area (Å²) in [5.41, 5.74) is 0. The smallest absolute Gasteiger partial charge is 0.333 e. The van der Waals surface area contributed by atoms with Crippen LogP contribution in [0.15, 0.2) is 24.5 Å². The second-order valence-electron chi connectivity index (χ2n) is 3.50. The molecule has 0 aromatic rings. The Morgan fingerprint density at radius 2 is 2.33 bits per heavy atom. The molecule has 4 heteroatoms. The SMILES string of the molecule is CC[C@H](C)C(O[C@H]1C=CC=CO1)C(=O)O. The van der Waals surface area contributed by atoms with Crippen LogP contribution >= 0.6 is 0 Å². The highest BCUT2D eigenvalue weighted by molar-refractivity contribution is 5.72. The molecule has 0 spiro atoms. The molecule has 0 amide bonds. The minimum Gasteiger partial charge on any atom is -0.479 e. The molecule has 1 aliphatic heterocycles. The van der Waals surface area contributed by atoms with Gasteiger partial charge in [-0.05, 0) is 18.1 Å². The third-order valence-corrected chi connectivity index (χ3v) is 2.36. The topological polar surface area (TPSA) is 55.8 Å². The Hall–Kier alpha value is -1.29. The average Bonchev–Trinajstić information content (AvgIpc) is 2.26. The predicted octanol–water partition coefficient (Wildman–Crippen LogP) is 1.93. The minimum atomic E-state index is -0.948. The van der Waals surface area contributed by atoms with Crippen LogP contribution in [0.25, 0.3) is 0 Å². The zero-order chi connectivity index (χ0) is 11.3. The highest BCUT2D eigenvalue weighted by Crippen LogP contribution is 2.16. The molecule has 0 saturated heterocycles. The molecule has 0 bridgehead atoms. The number of aliphatic carboxylic acids is 1. The van der Waals surface area contributed by atoms with E-state index in [1.54, 1.807) is 18.2 Å². The summed E-state index contributed by atoms with van der Waals surface area (Å²) in [6.45, 7) is 3.78. The molecule has 0 aromatic heterocycles. The lowest BCUT2D eigenvalue weighted by atomic mass is 10.0. The van der Waals surface area contributed by atoms with Gasteiger partial charge in [-0.3, -0.25) is 0 Å². The molecule has 1 N–H and O–H groups in total. The summed E-state index contributed by atoms with van der Waals surface area (Å²) in [6, 6.07) is 0. The maximum absolute atomic E-state index is 11.0. The van der Waals surface area contributed by atoms with Crippen molar-refractivity contribution in [1.82, 2.24) is 0 Å². The van der Waals surface area contributed by atoms with Gasteiger partial charge in [0.25, 0.3) is 0 Å². The molecule has 1 aliphatic rings. The van der Waals surface area contributed by atoms with E-state index in [2.05, 4.69) is 0 Å². The fourth-order valence-electron chi connectivity index (χ4n) is 1.24. The van der Waals surface area contributed by atoms with Crippen molar-refractivity contribution in [1.29, 1.82) is 0 Å². The van der Waals surface area contributed by atoms with E-state index in [1.807, 2.05) is 13.8 Å². The Kier molecular flexibility index (Phi) is 4.37. The molecule has 0 radical (unpaired) electrons. The first kappa shape index (κ1) is 11.8. The second kappa shape index (κ2) is 5.56. The molecule has 1 heterocycles. The van der Waals surface area contributed by atoms with E-state index in [9.17, 15) is 4.79 Å². The Balaban J connectivity index is 2.54. The number of allylic oxidation sites excluding steroid dienone is 2. The Labute approximate surface area is 89.2 Å². The van der Waals surface area contributed by atoms with Gasteiger partial charge in [0.05, 0.1) is 6.26 Å². The average molecular weight is 212 g/mol.